The summed E-state index contributed by atoms with van der Waals surface area (Å²) in [5.41, 5.74) is 6.78. The maximum atomic E-state index is 13.5. The van der Waals surface area contributed by atoms with Gasteiger partial charge in [0.25, 0.3) is 0 Å². The molecule has 4 aliphatic carbocycles. The van der Waals surface area contributed by atoms with Crippen LogP contribution in [-0.2, 0) is 4.79 Å². The lowest BCUT2D eigenvalue weighted by atomic mass is 9.47. The molecule has 1 unspecified atom stereocenters. The predicted molar refractivity (Wildman–Crippen MR) is 142 cm³/mol. The van der Waals surface area contributed by atoms with Crippen molar-refractivity contribution in [2.75, 3.05) is 20.6 Å². The first-order valence-corrected chi connectivity index (χ1v) is 14.2. The fourth-order valence-electron chi connectivity index (χ4n) is 9.57. The predicted octanol–water partition coefficient (Wildman–Crippen LogP) is 6.88. The largest absolute Gasteiger partial charge is 0.300 e. The number of hydrogen-bond donors (Lipinski definition) is 0. The number of allylic oxidation sites excluding steroid dienone is 3. The lowest BCUT2D eigenvalue weighted by Crippen LogP contribution is -2.56. The first-order valence-electron chi connectivity index (χ1n) is 14.2. The van der Waals surface area contributed by atoms with Crippen LogP contribution in [0.3, 0.4) is 0 Å². The Morgan fingerprint density at radius 2 is 1.76 bits per heavy atom. The molecule has 188 valence electrons. The summed E-state index contributed by atoms with van der Waals surface area (Å²) in [7, 11) is 4.16. The van der Waals surface area contributed by atoms with Gasteiger partial charge in [0, 0.05) is 18.2 Å². The summed E-state index contributed by atoms with van der Waals surface area (Å²) >= 11 is 0. The summed E-state index contributed by atoms with van der Waals surface area (Å²) in [6.45, 7) is 13.1. The molecule has 8 atom stereocenters. The van der Waals surface area contributed by atoms with Crippen molar-refractivity contribution < 1.29 is 4.79 Å². The third kappa shape index (κ3) is 3.62. The highest BCUT2D eigenvalue weighted by molar-refractivity contribution is 6.02. The molecule has 0 aromatic carbocycles. The fourth-order valence-corrected chi connectivity index (χ4v) is 9.57. The summed E-state index contributed by atoms with van der Waals surface area (Å²) in [5.74, 6) is 3.59. The highest BCUT2D eigenvalue weighted by atomic mass is 16.1. The number of carbonyl (C=O) groups excluding carboxylic acids is 1. The standard InChI is InChI=1S/C31H48N2O/c1-19(2)21-14-17-32-27(21)18-20(3)23-10-11-24-22-8-9-26-29(34)28(33(6)7)13-16-31(26,5)25(22)12-15-30(23,24)4/h8,20,23-26,28H,9-18H2,1-7H3/t20-,23-,24+,25+,26?,28+,30-,31-/m1/s1. The minimum absolute atomic E-state index is 0.128. The summed E-state index contributed by atoms with van der Waals surface area (Å²) in [6.07, 6.45) is 13.5. The number of likely N-dealkylation sites (N-methyl/N-ethyl adjacent to an activating group) is 1. The number of rotatable bonds is 4. The van der Waals surface area contributed by atoms with E-state index in [0.29, 0.717) is 23.0 Å². The molecule has 0 N–H and O–H groups in total. The minimum Gasteiger partial charge on any atom is -0.300 e. The van der Waals surface area contributed by atoms with E-state index < -0.39 is 0 Å². The second-order valence-corrected chi connectivity index (χ2v) is 13.5. The summed E-state index contributed by atoms with van der Waals surface area (Å²) < 4.78 is 0. The van der Waals surface area contributed by atoms with Gasteiger partial charge in [0.15, 0.2) is 5.78 Å². The van der Waals surface area contributed by atoms with E-state index >= 15 is 0 Å². The van der Waals surface area contributed by atoms with E-state index in [2.05, 4.69) is 59.7 Å². The molecule has 3 nitrogen and oxygen atoms in total. The van der Waals surface area contributed by atoms with E-state index in [9.17, 15) is 4.79 Å². The molecule has 3 fully saturated rings. The third-order valence-corrected chi connectivity index (χ3v) is 11.4. The van der Waals surface area contributed by atoms with E-state index in [1.165, 1.54) is 43.4 Å². The summed E-state index contributed by atoms with van der Waals surface area (Å²) in [5, 5.41) is 0. The second-order valence-electron chi connectivity index (χ2n) is 13.5. The van der Waals surface area contributed by atoms with Crippen LogP contribution in [-0.4, -0.2) is 43.1 Å². The zero-order valence-electron chi connectivity index (χ0n) is 22.9. The van der Waals surface area contributed by atoms with Gasteiger partial charge in [0.1, 0.15) is 0 Å². The number of aliphatic imine (C=N–C) groups is 1. The Bertz CT molecular complexity index is 937. The molecule has 1 aliphatic heterocycles. The van der Waals surface area contributed by atoms with Crippen LogP contribution in [0.1, 0.15) is 92.4 Å². The van der Waals surface area contributed by atoms with Crippen LogP contribution in [0.5, 0.6) is 0 Å². The molecule has 0 aromatic rings. The molecule has 3 heteroatoms. The quantitative estimate of drug-likeness (QED) is 0.425. The molecule has 5 aliphatic rings. The van der Waals surface area contributed by atoms with E-state index in [1.807, 2.05) is 0 Å². The van der Waals surface area contributed by atoms with Crippen LogP contribution >= 0.6 is 0 Å². The van der Waals surface area contributed by atoms with Crippen LogP contribution in [0.2, 0.25) is 0 Å². The van der Waals surface area contributed by atoms with Crippen molar-refractivity contribution in [1.29, 1.82) is 0 Å². The average molecular weight is 465 g/mol. The molecule has 0 saturated heterocycles. The van der Waals surface area contributed by atoms with Gasteiger partial charge in [-0.25, -0.2) is 0 Å². The number of nitrogens with zero attached hydrogens (tertiary/aromatic N) is 2. The summed E-state index contributed by atoms with van der Waals surface area (Å²) in [6, 6.07) is 0.128. The molecule has 34 heavy (non-hydrogen) atoms. The van der Waals surface area contributed by atoms with E-state index in [1.54, 1.807) is 11.1 Å². The van der Waals surface area contributed by atoms with Crippen LogP contribution in [0, 0.1) is 40.4 Å². The number of Topliss-reactive ketones (excluding diaryl/α,β-unsaturated/α-hetero) is 1. The second kappa shape index (κ2) is 8.71. The fraction of sp³-hybridized carbons (Fsp3) is 0.806. The topological polar surface area (TPSA) is 32.7 Å². The van der Waals surface area contributed by atoms with Crippen molar-refractivity contribution in [2.45, 2.75) is 98.4 Å². The average Bonchev–Trinajstić information content (AvgIpc) is 3.37. The Hall–Kier alpha value is -1.22. The van der Waals surface area contributed by atoms with Crippen LogP contribution in [0.25, 0.3) is 0 Å². The Kier molecular flexibility index (Phi) is 6.27. The van der Waals surface area contributed by atoms with Gasteiger partial charge < -0.3 is 0 Å². The van der Waals surface area contributed by atoms with Gasteiger partial charge in [-0.05, 0) is 126 Å². The zero-order chi connectivity index (χ0) is 24.4. The Morgan fingerprint density at radius 1 is 1.06 bits per heavy atom. The molecule has 5 rings (SSSR count). The van der Waals surface area contributed by atoms with Crippen LogP contribution in [0.15, 0.2) is 27.8 Å². The molecule has 0 amide bonds. The zero-order valence-corrected chi connectivity index (χ0v) is 22.9. The first-order chi connectivity index (χ1) is 16.1. The van der Waals surface area contributed by atoms with E-state index in [-0.39, 0.29) is 17.4 Å². The molecule has 0 aromatic heterocycles. The Labute approximate surface area is 208 Å². The smallest absolute Gasteiger partial charge is 0.153 e. The van der Waals surface area contributed by atoms with Gasteiger partial charge in [0.2, 0.25) is 0 Å². The Balaban J connectivity index is 1.37. The maximum absolute atomic E-state index is 13.5. The molecular weight excluding hydrogens is 416 g/mol. The van der Waals surface area contributed by atoms with Gasteiger partial charge in [0.05, 0.1) is 6.04 Å². The van der Waals surface area contributed by atoms with Crippen LogP contribution in [0.4, 0.5) is 0 Å². The Morgan fingerprint density at radius 3 is 2.47 bits per heavy atom. The molecular formula is C31H48N2O. The number of fused-ring (bicyclic) bond motifs is 5. The first kappa shape index (κ1) is 24.5. The van der Waals surface area contributed by atoms with Crippen molar-refractivity contribution in [3.05, 3.63) is 22.8 Å². The lowest BCUT2D eigenvalue weighted by Gasteiger charge is -2.57. The van der Waals surface area contributed by atoms with Crippen molar-refractivity contribution >= 4 is 11.5 Å². The lowest BCUT2D eigenvalue weighted by molar-refractivity contribution is -0.140. The minimum atomic E-state index is 0.128. The SMILES string of the molecule is CC(C)=C1CCN=C1C[C@@H](C)[C@H]1CC[C@H]2C3=CCC4C(=O)[C@@H](N(C)C)CC[C@]4(C)[C@H]3CC[C@]12C. The van der Waals surface area contributed by atoms with Gasteiger partial charge in [-0.2, -0.15) is 0 Å². The van der Waals surface area contributed by atoms with Crippen LogP contribution < -0.4 is 0 Å². The number of hydrogen-bond acceptors (Lipinski definition) is 3. The number of ketones is 1. The normalized spacial score (nSPS) is 42.6. The van der Waals surface area contributed by atoms with E-state index in [0.717, 1.165) is 44.1 Å². The van der Waals surface area contributed by atoms with Crippen molar-refractivity contribution in [2.24, 2.45) is 45.4 Å². The monoisotopic (exact) mass is 464 g/mol. The molecule has 0 spiro atoms. The molecule has 0 bridgehead atoms. The third-order valence-electron chi connectivity index (χ3n) is 11.4. The van der Waals surface area contributed by atoms with Gasteiger partial charge >= 0.3 is 0 Å². The maximum Gasteiger partial charge on any atom is 0.153 e. The van der Waals surface area contributed by atoms with Crippen molar-refractivity contribution in [3.63, 3.8) is 0 Å². The highest BCUT2D eigenvalue weighted by Gasteiger charge is 2.59. The van der Waals surface area contributed by atoms with Crippen molar-refractivity contribution in [1.82, 2.24) is 4.90 Å². The highest BCUT2D eigenvalue weighted by Crippen LogP contribution is 2.66. The van der Waals surface area contributed by atoms with Gasteiger partial charge in [-0.1, -0.05) is 38.0 Å². The number of carbonyl (C=O) groups is 1. The van der Waals surface area contributed by atoms with Gasteiger partial charge in [-0.15, -0.1) is 0 Å². The molecule has 0 radical (unpaired) electrons. The molecule has 1 heterocycles. The molecule has 3 saturated carbocycles. The van der Waals surface area contributed by atoms with E-state index in [4.69, 9.17) is 4.99 Å². The van der Waals surface area contributed by atoms with Crippen molar-refractivity contribution in [3.8, 4) is 0 Å². The van der Waals surface area contributed by atoms with Gasteiger partial charge in [-0.3, -0.25) is 14.7 Å². The summed E-state index contributed by atoms with van der Waals surface area (Å²) in [4.78, 5) is 20.6.